The van der Waals surface area contributed by atoms with E-state index in [1.165, 1.54) is 5.56 Å². The smallest absolute Gasteiger partial charge is 0.268 e. The first-order chi connectivity index (χ1) is 11.0. The van der Waals surface area contributed by atoms with Crippen LogP contribution in [-0.2, 0) is 12.6 Å². The molecular weight excluding hydrogens is 307 g/mol. The van der Waals surface area contributed by atoms with Gasteiger partial charge in [0.1, 0.15) is 5.69 Å². The topological polar surface area (TPSA) is 62.7 Å². The molecule has 1 atom stereocenters. The minimum absolute atomic E-state index is 0.0652. The molecule has 4 rings (SSSR count). The molecule has 0 aliphatic heterocycles. The van der Waals surface area contributed by atoms with Gasteiger partial charge in [-0.05, 0) is 42.8 Å². The Bertz CT molecular complexity index is 920. The first kappa shape index (κ1) is 14.5. The van der Waals surface area contributed by atoms with Crippen molar-refractivity contribution in [3.63, 3.8) is 0 Å². The number of H-pyrrole nitrogens is 1. The van der Waals surface area contributed by atoms with Gasteiger partial charge in [-0.25, -0.2) is 0 Å². The lowest BCUT2D eigenvalue weighted by Crippen LogP contribution is -2.34. The van der Waals surface area contributed by atoms with Crippen LogP contribution in [0.2, 0.25) is 0 Å². The molecule has 0 spiro atoms. The lowest BCUT2D eigenvalue weighted by atomic mass is 10.1. The highest BCUT2D eigenvalue weighted by molar-refractivity contribution is 7.28. The zero-order chi connectivity index (χ0) is 16.2. The van der Waals surface area contributed by atoms with E-state index in [1.54, 1.807) is 4.68 Å². The van der Waals surface area contributed by atoms with Gasteiger partial charge in [0.2, 0.25) is 0 Å². The summed E-state index contributed by atoms with van der Waals surface area (Å²) < 4.78 is 1.77. The number of aryl methyl sites for hydroxylation is 2. The summed E-state index contributed by atoms with van der Waals surface area (Å²) in [5.41, 5.74) is 3.61. The van der Waals surface area contributed by atoms with Gasteiger partial charge in [-0.1, -0.05) is 6.07 Å². The van der Waals surface area contributed by atoms with E-state index in [0.29, 0.717) is 5.69 Å². The highest BCUT2D eigenvalue weighted by atomic mass is 31.0. The number of rotatable bonds is 3. The molecule has 1 fully saturated rings. The van der Waals surface area contributed by atoms with E-state index in [2.05, 4.69) is 37.6 Å². The second-order valence-corrected chi connectivity index (χ2v) is 6.96. The van der Waals surface area contributed by atoms with Crippen molar-refractivity contribution in [2.45, 2.75) is 25.3 Å². The molecule has 1 amide bonds. The number of hydrogen-bond acceptors (Lipinski definition) is 2. The summed E-state index contributed by atoms with van der Waals surface area (Å²) in [6.45, 7) is 2.07. The second-order valence-electron chi connectivity index (χ2n) is 6.38. The van der Waals surface area contributed by atoms with Crippen LogP contribution in [0.4, 0.5) is 0 Å². The quantitative estimate of drug-likeness (QED) is 0.724. The molecule has 23 heavy (non-hydrogen) atoms. The Morgan fingerprint density at radius 1 is 1.43 bits per heavy atom. The average molecular weight is 326 g/mol. The van der Waals surface area contributed by atoms with Gasteiger partial charge in [-0.15, -0.1) is 9.24 Å². The Balaban J connectivity index is 1.64. The molecule has 3 aromatic rings. The zero-order valence-electron chi connectivity index (χ0n) is 13.2. The summed E-state index contributed by atoms with van der Waals surface area (Å²) in [5, 5.41) is 9.60. The largest absolute Gasteiger partial charge is 0.351 e. The minimum Gasteiger partial charge on any atom is -0.351 e. The number of hydrogen-bond donors (Lipinski definition) is 2. The van der Waals surface area contributed by atoms with E-state index < -0.39 is 0 Å². The van der Waals surface area contributed by atoms with Crippen LogP contribution in [-0.4, -0.2) is 20.7 Å². The Labute approximate surface area is 136 Å². The molecule has 6 heteroatoms. The standard InChI is InChI=1S/C17H19N4OP/c1-10-3-4-13-12(15(10)23)7-14(19-13)16(22)20-17(5-6-17)11-8-18-21(2)9-11/h3-4,7-9,19H,5-6,23H2,1-2H3,(H,20,22). The fourth-order valence-electron chi connectivity index (χ4n) is 3.02. The van der Waals surface area contributed by atoms with Crippen molar-refractivity contribution in [2.24, 2.45) is 7.05 Å². The molecule has 1 aliphatic carbocycles. The fourth-order valence-corrected chi connectivity index (χ4v) is 3.36. The molecule has 1 saturated carbocycles. The van der Waals surface area contributed by atoms with Crippen LogP contribution in [0, 0.1) is 6.92 Å². The number of nitrogens with one attached hydrogen (secondary N) is 2. The maximum absolute atomic E-state index is 12.7. The van der Waals surface area contributed by atoms with Crippen molar-refractivity contribution >= 4 is 31.4 Å². The van der Waals surface area contributed by atoms with Gasteiger partial charge in [-0.2, -0.15) is 5.10 Å². The normalized spacial score (nSPS) is 15.8. The van der Waals surface area contributed by atoms with E-state index >= 15 is 0 Å². The number of aromatic nitrogens is 3. The molecule has 0 bridgehead atoms. The molecular formula is C17H19N4OP. The van der Waals surface area contributed by atoms with Crippen LogP contribution in [0.1, 0.15) is 34.5 Å². The minimum atomic E-state index is -0.248. The number of nitrogens with zero attached hydrogens (tertiary/aromatic N) is 2. The Morgan fingerprint density at radius 2 is 2.22 bits per heavy atom. The van der Waals surface area contributed by atoms with E-state index in [9.17, 15) is 4.79 Å². The molecule has 2 heterocycles. The van der Waals surface area contributed by atoms with Crippen LogP contribution < -0.4 is 10.6 Å². The Morgan fingerprint density at radius 3 is 2.87 bits per heavy atom. The van der Waals surface area contributed by atoms with Crippen molar-refractivity contribution in [1.29, 1.82) is 0 Å². The second kappa shape index (κ2) is 4.93. The van der Waals surface area contributed by atoms with Gasteiger partial charge in [0.25, 0.3) is 5.91 Å². The maximum atomic E-state index is 12.7. The summed E-state index contributed by atoms with van der Waals surface area (Å²) in [6.07, 6.45) is 5.72. The van der Waals surface area contributed by atoms with Gasteiger partial charge in [-0.3, -0.25) is 9.48 Å². The molecule has 0 saturated heterocycles. The monoisotopic (exact) mass is 326 g/mol. The molecule has 0 radical (unpaired) electrons. The van der Waals surface area contributed by atoms with Crippen molar-refractivity contribution in [3.05, 3.63) is 47.4 Å². The Kier molecular flexibility index (Phi) is 3.10. The maximum Gasteiger partial charge on any atom is 0.268 e. The lowest BCUT2D eigenvalue weighted by molar-refractivity contribution is 0.0926. The predicted octanol–water partition coefficient (Wildman–Crippen LogP) is 2.13. The van der Waals surface area contributed by atoms with Crippen molar-refractivity contribution in [3.8, 4) is 0 Å². The highest BCUT2D eigenvalue weighted by Crippen LogP contribution is 2.45. The number of carbonyl (C=O) groups excluding carboxylic acids is 1. The number of benzene rings is 1. The molecule has 1 aromatic carbocycles. The third-order valence-corrected chi connectivity index (χ3v) is 5.43. The number of amides is 1. The van der Waals surface area contributed by atoms with Crippen LogP contribution in [0.3, 0.4) is 0 Å². The molecule has 1 aliphatic rings. The van der Waals surface area contributed by atoms with Gasteiger partial charge < -0.3 is 10.3 Å². The van der Waals surface area contributed by atoms with Crippen molar-refractivity contribution < 1.29 is 4.79 Å². The molecule has 2 N–H and O–H groups in total. The summed E-state index contributed by atoms with van der Waals surface area (Å²) in [6, 6.07) is 6.00. The molecule has 1 unspecified atom stereocenters. The lowest BCUT2D eigenvalue weighted by Gasteiger charge is -2.15. The van der Waals surface area contributed by atoms with Crippen molar-refractivity contribution in [2.75, 3.05) is 0 Å². The highest BCUT2D eigenvalue weighted by Gasteiger charge is 2.46. The third-order valence-electron chi connectivity index (χ3n) is 4.67. The van der Waals surface area contributed by atoms with E-state index in [1.807, 2.05) is 31.6 Å². The van der Waals surface area contributed by atoms with Crippen LogP contribution in [0.25, 0.3) is 10.9 Å². The van der Waals surface area contributed by atoms with Crippen LogP contribution >= 0.6 is 9.24 Å². The molecule has 118 valence electrons. The van der Waals surface area contributed by atoms with E-state index in [0.717, 1.165) is 34.6 Å². The third kappa shape index (κ3) is 2.36. The summed E-state index contributed by atoms with van der Waals surface area (Å²) in [7, 11) is 4.65. The van der Waals surface area contributed by atoms with E-state index in [-0.39, 0.29) is 11.4 Å². The van der Waals surface area contributed by atoms with Gasteiger partial charge >= 0.3 is 0 Å². The summed E-state index contributed by atoms with van der Waals surface area (Å²) in [5.74, 6) is -0.0652. The summed E-state index contributed by atoms with van der Waals surface area (Å²) >= 11 is 0. The first-order valence-electron chi connectivity index (χ1n) is 7.68. The van der Waals surface area contributed by atoms with Crippen molar-refractivity contribution in [1.82, 2.24) is 20.1 Å². The molecule has 5 nitrogen and oxygen atoms in total. The van der Waals surface area contributed by atoms with Gasteiger partial charge in [0.05, 0.1) is 11.7 Å². The number of carbonyl (C=O) groups is 1. The van der Waals surface area contributed by atoms with Gasteiger partial charge in [0, 0.05) is 29.7 Å². The first-order valence-corrected chi connectivity index (χ1v) is 8.26. The molecule has 2 aromatic heterocycles. The SMILES string of the molecule is Cc1ccc2[nH]c(C(=O)NC3(c4cnn(C)c4)CC3)cc2c1P. The Hall–Kier alpha value is -2.13. The predicted molar refractivity (Wildman–Crippen MR) is 94.0 cm³/mol. The van der Waals surface area contributed by atoms with E-state index in [4.69, 9.17) is 0 Å². The number of aromatic amines is 1. The van der Waals surface area contributed by atoms with Gasteiger partial charge in [0.15, 0.2) is 0 Å². The fraction of sp³-hybridized carbons (Fsp3) is 0.294. The van der Waals surface area contributed by atoms with Crippen LogP contribution in [0.15, 0.2) is 30.6 Å². The summed E-state index contributed by atoms with van der Waals surface area (Å²) in [4.78, 5) is 15.9. The van der Waals surface area contributed by atoms with Crippen LogP contribution in [0.5, 0.6) is 0 Å². The number of fused-ring (bicyclic) bond motifs is 1. The average Bonchev–Trinajstić information content (AvgIpc) is 2.97. The zero-order valence-corrected chi connectivity index (χ0v) is 14.3.